The van der Waals surface area contributed by atoms with Crippen LogP contribution in [0.1, 0.15) is 13.8 Å². The van der Waals surface area contributed by atoms with Crippen LogP contribution < -0.4 is 0 Å². The molecule has 1 rings (SSSR count). The molecule has 0 bridgehead atoms. The van der Waals surface area contributed by atoms with Crippen molar-refractivity contribution in [1.82, 2.24) is 4.90 Å². The first kappa shape index (κ1) is 12.5. The van der Waals surface area contributed by atoms with E-state index in [1.54, 1.807) is 13.8 Å². The smallest absolute Gasteiger partial charge is 0.232 e. The van der Waals surface area contributed by atoms with Crippen molar-refractivity contribution in [2.24, 2.45) is 11.8 Å². The van der Waals surface area contributed by atoms with Crippen molar-refractivity contribution in [2.45, 2.75) is 13.8 Å². The van der Waals surface area contributed by atoms with Crippen LogP contribution in [0.25, 0.3) is 0 Å². The molecule has 1 aliphatic heterocycles. The highest BCUT2D eigenvalue weighted by atomic mass is 32.1. The van der Waals surface area contributed by atoms with Crippen LogP contribution in [0.2, 0.25) is 0 Å². The third kappa shape index (κ3) is 2.72. The molecule has 2 atom stereocenters. The second kappa shape index (κ2) is 5.51. The van der Waals surface area contributed by atoms with Gasteiger partial charge in [-0.3, -0.25) is 14.5 Å². The highest BCUT2D eigenvalue weighted by molar-refractivity contribution is 7.80. The van der Waals surface area contributed by atoms with Crippen molar-refractivity contribution >= 4 is 24.4 Å². The molecule has 0 aromatic heterocycles. The van der Waals surface area contributed by atoms with E-state index in [-0.39, 0.29) is 23.7 Å². The summed E-state index contributed by atoms with van der Waals surface area (Å²) in [6.45, 7) is 4.89. The molecule has 5 heteroatoms. The Morgan fingerprint density at radius 2 is 1.73 bits per heavy atom. The van der Waals surface area contributed by atoms with E-state index >= 15 is 0 Å². The first-order valence-corrected chi connectivity index (χ1v) is 5.76. The Morgan fingerprint density at radius 1 is 1.20 bits per heavy atom. The lowest BCUT2D eigenvalue weighted by molar-refractivity contribution is -0.140. The Kier molecular flexibility index (Phi) is 4.60. The lowest BCUT2D eigenvalue weighted by Gasteiger charge is -2.14. The van der Waals surface area contributed by atoms with Gasteiger partial charge in [-0.15, -0.1) is 0 Å². The third-order valence-electron chi connectivity index (χ3n) is 2.76. The summed E-state index contributed by atoms with van der Waals surface area (Å²) >= 11 is 3.99. The summed E-state index contributed by atoms with van der Waals surface area (Å²) in [5.41, 5.74) is 0. The largest absolute Gasteiger partial charge is 0.379 e. The average Bonchev–Trinajstić information content (AvgIpc) is 2.41. The Balaban J connectivity index is 2.41. The van der Waals surface area contributed by atoms with Crippen molar-refractivity contribution < 1.29 is 14.3 Å². The van der Waals surface area contributed by atoms with Crippen LogP contribution in [0.3, 0.4) is 0 Å². The number of amides is 2. The lowest BCUT2D eigenvalue weighted by Crippen LogP contribution is -2.34. The molecule has 1 aliphatic rings. The number of hydrogen-bond acceptors (Lipinski definition) is 4. The van der Waals surface area contributed by atoms with Gasteiger partial charge in [0.1, 0.15) is 0 Å². The minimum Gasteiger partial charge on any atom is -0.379 e. The predicted octanol–water partition coefficient (Wildman–Crippen LogP) is 0.574. The fourth-order valence-corrected chi connectivity index (χ4v) is 1.70. The minimum absolute atomic E-state index is 0.0815. The van der Waals surface area contributed by atoms with Crippen molar-refractivity contribution in [3.63, 3.8) is 0 Å². The van der Waals surface area contributed by atoms with Gasteiger partial charge in [-0.1, -0.05) is 13.8 Å². The molecule has 0 N–H and O–H groups in total. The molecule has 1 heterocycles. The van der Waals surface area contributed by atoms with Crippen LogP contribution >= 0.6 is 12.6 Å². The number of nitrogens with zero attached hydrogens (tertiary/aromatic N) is 1. The normalized spacial score (nSPS) is 26.5. The molecule has 0 spiro atoms. The van der Waals surface area contributed by atoms with Crippen molar-refractivity contribution in [2.75, 3.05) is 25.5 Å². The summed E-state index contributed by atoms with van der Waals surface area (Å²) < 4.78 is 5.19. The third-order valence-corrected chi connectivity index (χ3v) is 2.94. The van der Waals surface area contributed by atoms with Crippen LogP contribution in [0.15, 0.2) is 0 Å². The van der Waals surface area contributed by atoms with Crippen LogP contribution in [-0.4, -0.2) is 42.2 Å². The van der Waals surface area contributed by atoms with Gasteiger partial charge < -0.3 is 4.74 Å². The number of imide groups is 1. The van der Waals surface area contributed by atoms with Crippen molar-refractivity contribution in [1.29, 1.82) is 0 Å². The lowest BCUT2D eigenvalue weighted by atomic mass is 10.00. The zero-order chi connectivity index (χ0) is 11.4. The molecule has 86 valence electrons. The van der Waals surface area contributed by atoms with Crippen LogP contribution in [0, 0.1) is 11.8 Å². The van der Waals surface area contributed by atoms with E-state index in [0.29, 0.717) is 25.5 Å². The maximum absolute atomic E-state index is 11.6. The molecule has 15 heavy (non-hydrogen) atoms. The van der Waals surface area contributed by atoms with E-state index in [1.165, 1.54) is 4.90 Å². The quantitative estimate of drug-likeness (QED) is 0.427. The summed E-state index contributed by atoms with van der Waals surface area (Å²) in [7, 11) is 0. The predicted molar refractivity (Wildman–Crippen MR) is 59.7 cm³/mol. The molecule has 2 amide bonds. The first-order valence-electron chi connectivity index (χ1n) is 5.13. The number of thiol groups is 1. The first-order chi connectivity index (χ1) is 7.09. The molecule has 4 nitrogen and oxygen atoms in total. The summed E-state index contributed by atoms with van der Waals surface area (Å²) in [5.74, 6) is 0.100. The Bertz CT molecular complexity index is 237. The Morgan fingerprint density at radius 3 is 2.20 bits per heavy atom. The van der Waals surface area contributed by atoms with Gasteiger partial charge in [-0.05, 0) is 0 Å². The summed E-state index contributed by atoms with van der Waals surface area (Å²) in [6, 6.07) is 0. The van der Waals surface area contributed by atoms with Gasteiger partial charge in [0, 0.05) is 17.6 Å². The van der Waals surface area contributed by atoms with Gasteiger partial charge in [0.25, 0.3) is 0 Å². The van der Waals surface area contributed by atoms with E-state index in [2.05, 4.69) is 12.6 Å². The molecule has 0 aromatic carbocycles. The van der Waals surface area contributed by atoms with Gasteiger partial charge in [-0.2, -0.15) is 12.6 Å². The van der Waals surface area contributed by atoms with Gasteiger partial charge in [0.2, 0.25) is 11.8 Å². The number of carbonyl (C=O) groups excluding carboxylic acids is 2. The molecular formula is C10H17NO3S. The highest BCUT2D eigenvalue weighted by Gasteiger charge is 2.41. The standard InChI is InChI=1S/C10H17NO3S/c1-7-8(2)10(13)11(9(7)12)3-4-14-5-6-15/h7-8,15H,3-6H2,1-2H3. The Labute approximate surface area is 95.4 Å². The second-order valence-electron chi connectivity index (χ2n) is 3.74. The molecular weight excluding hydrogens is 214 g/mol. The maximum Gasteiger partial charge on any atom is 0.232 e. The SMILES string of the molecule is CC1C(=O)N(CCOCCS)C(=O)C1C. The van der Waals surface area contributed by atoms with E-state index in [9.17, 15) is 9.59 Å². The zero-order valence-electron chi connectivity index (χ0n) is 9.10. The van der Waals surface area contributed by atoms with Crippen LogP contribution in [-0.2, 0) is 14.3 Å². The molecule has 0 radical (unpaired) electrons. The fraction of sp³-hybridized carbons (Fsp3) is 0.800. The summed E-state index contributed by atoms with van der Waals surface area (Å²) in [4.78, 5) is 24.5. The summed E-state index contributed by atoms with van der Waals surface area (Å²) in [6.07, 6.45) is 0. The van der Waals surface area contributed by atoms with Gasteiger partial charge in [-0.25, -0.2) is 0 Å². The number of likely N-dealkylation sites (tertiary alicyclic amines) is 1. The molecule has 1 fully saturated rings. The number of ether oxygens (including phenoxy) is 1. The van der Waals surface area contributed by atoms with Crippen LogP contribution in [0.4, 0.5) is 0 Å². The average molecular weight is 231 g/mol. The minimum atomic E-state index is -0.192. The number of rotatable bonds is 5. The highest BCUT2D eigenvalue weighted by Crippen LogP contribution is 2.24. The summed E-state index contributed by atoms with van der Waals surface area (Å²) in [5, 5.41) is 0. The molecule has 0 aromatic rings. The molecule has 1 saturated heterocycles. The van der Waals surface area contributed by atoms with Crippen LogP contribution in [0.5, 0.6) is 0 Å². The van der Waals surface area contributed by atoms with Gasteiger partial charge in [0.15, 0.2) is 0 Å². The molecule has 2 unspecified atom stereocenters. The van der Waals surface area contributed by atoms with E-state index in [0.717, 1.165) is 0 Å². The monoisotopic (exact) mass is 231 g/mol. The van der Waals surface area contributed by atoms with E-state index in [1.807, 2.05) is 0 Å². The second-order valence-corrected chi connectivity index (χ2v) is 4.19. The zero-order valence-corrected chi connectivity index (χ0v) is 10.00. The van der Waals surface area contributed by atoms with Crippen molar-refractivity contribution in [3.8, 4) is 0 Å². The maximum atomic E-state index is 11.6. The topological polar surface area (TPSA) is 46.6 Å². The molecule has 0 aliphatic carbocycles. The van der Waals surface area contributed by atoms with E-state index in [4.69, 9.17) is 4.74 Å². The Hall–Kier alpha value is -0.550. The van der Waals surface area contributed by atoms with Gasteiger partial charge >= 0.3 is 0 Å². The number of carbonyl (C=O) groups is 2. The van der Waals surface area contributed by atoms with Gasteiger partial charge in [0.05, 0.1) is 19.8 Å². The van der Waals surface area contributed by atoms with Crippen molar-refractivity contribution in [3.05, 3.63) is 0 Å². The number of hydrogen-bond donors (Lipinski definition) is 1. The fourth-order valence-electron chi connectivity index (χ4n) is 1.57. The molecule has 0 saturated carbocycles. The van der Waals surface area contributed by atoms with E-state index < -0.39 is 0 Å².